The second kappa shape index (κ2) is 9.89. The Balaban J connectivity index is 1.63. The van der Waals surface area contributed by atoms with Crippen LogP contribution in [0.15, 0.2) is 48.6 Å². The van der Waals surface area contributed by atoms with E-state index in [0.29, 0.717) is 43.1 Å². The van der Waals surface area contributed by atoms with Crippen LogP contribution in [-0.4, -0.2) is 83.2 Å². The molecule has 37 heavy (non-hydrogen) atoms. The summed E-state index contributed by atoms with van der Waals surface area (Å²) < 4.78 is 6.91. The van der Waals surface area contributed by atoms with E-state index < -0.39 is 29.1 Å². The molecule has 5 atom stereocenters. The number of aliphatic hydroxyl groups is 1. The number of anilines is 1. The normalized spacial score (nSPS) is 32.9. The Hall–Kier alpha value is -2.68. The minimum absolute atomic E-state index is 0.0727. The number of hydrogen-bond donors (Lipinski definition) is 1. The van der Waals surface area contributed by atoms with E-state index in [9.17, 15) is 19.5 Å². The van der Waals surface area contributed by atoms with E-state index >= 15 is 0 Å². The van der Waals surface area contributed by atoms with Gasteiger partial charge in [-0.25, -0.2) is 0 Å². The van der Waals surface area contributed by atoms with Gasteiger partial charge in [-0.15, -0.1) is 0 Å². The number of nitrogens with zero attached hydrogens (tertiary/aromatic N) is 3. The summed E-state index contributed by atoms with van der Waals surface area (Å²) in [6, 6.07) is 6.22. The molecule has 1 aromatic carbocycles. The SMILES string of the molecule is CC[C@]12C=CCN(C)C(=O)[C@H]1[C@H]1C(=O)N(CCCCCO)C3C(=O)N(c4ccccc4Cl)CC=C[C@@]31O2. The second-order valence-corrected chi connectivity index (χ2v) is 10.8. The van der Waals surface area contributed by atoms with Crippen molar-refractivity contribution < 1.29 is 24.2 Å². The molecule has 1 N–H and O–H groups in total. The molecular weight excluding hydrogens is 494 g/mol. The van der Waals surface area contributed by atoms with E-state index in [4.69, 9.17) is 16.3 Å². The van der Waals surface area contributed by atoms with E-state index in [2.05, 4.69) is 0 Å². The van der Waals surface area contributed by atoms with Crippen LogP contribution in [0.4, 0.5) is 5.69 Å². The number of likely N-dealkylation sites (N-methyl/N-ethyl adjacent to an activating group) is 1. The first-order chi connectivity index (χ1) is 17.8. The van der Waals surface area contributed by atoms with Gasteiger partial charge in [0.05, 0.1) is 28.1 Å². The maximum atomic E-state index is 14.4. The van der Waals surface area contributed by atoms with Crippen LogP contribution in [0.5, 0.6) is 0 Å². The summed E-state index contributed by atoms with van der Waals surface area (Å²) >= 11 is 6.50. The Morgan fingerprint density at radius 1 is 1.00 bits per heavy atom. The highest BCUT2D eigenvalue weighted by Crippen LogP contribution is 2.58. The minimum atomic E-state index is -1.28. The molecule has 1 unspecified atom stereocenters. The molecule has 2 fully saturated rings. The van der Waals surface area contributed by atoms with E-state index in [1.807, 2.05) is 37.3 Å². The fourth-order valence-corrected chi connectivity index (χ4v) is 6.82. The summed E-state index contributed by atoms with van der Waals surface area (Å²) in [5, 5.41) is 9.67. The zero-order valence-electron chi connectivity index (χ0n) is 21.3. The highest BCUT2D eigenvalue weighted by molar-refractivity contribution is 6.34. The first kappa shape index (κ1) is 25.9. The van der Waals surface area contributed by atoms with Gasteiger partial charge < -0.3 is 24.5 Å². The smallest absolute Gasteiger partial charge is 0.253 e. The van der Waals surface area contributed by atoms with Crippen molar-refractivity contribution in [3.63, 3.8) is 0 Å². The molecule has 4 heterocycles. The highest BCUT2D eigenvalue weighted by Gasteiger charge is 2.75. The first-order valence-electron chi connectivity index (χ1n) is 13.1. The molecule has 4 aliphatic heterocycles. The van der Waals surface area contributed by atoms with Crippen LogP contribution in [0.3, 0.4) is 0 Å². The number of ether oxygens (including phenoxy) is 1. The third kappa shape index (κ3) is 3.92. The molecule has 4 aliphatic rings. The average Bonchev–Trinajstić information content (AvgIpc) is 3.18. The molecule has 8 nitrogen and oxygen atoms in total. The Labute approximate surface area is 222 Å². The fourth-order valence-electron chi connectivity index (χ4n) is 6.58. The number of para-hydroxylation sites is 1. The molecule has 5 rings (SSSR count). The maximum absolute atomic E-state index is 14.4. The zero-order valence-corrected chi connectivity index (χ0v) is 22.1. The second-order valence-electron chi connectivity index (χ2n) is 10.4. The van der Waals surface area contributed by atoms with Crippen LogP contribution in [0.1, 0.15) is 32.6 Å². The Morgan fingerprint density at radius 3 is 2.49 bits per heavy atom. The summed E-state index contributed by atoms with van der Waals surface area (Å²) in [6.45, 7) is 3.09. The van der Waals surface area contributed by atoms with Gasteiger partial charge in [0.1, 0.15) is 11.6 Å². The van der Waals surface area contributed by atoms with Crippen molar-refractivity contribution in [2.45, 2.75) is 49.9 Å². The molecule has 0 saturated carbocycles. The standard InChI is InChI=1S/C28H34ClN3O5/c1-3-27-13-9-15-30(2)24(34)21(27)22-25(35)32(16-7-4-8-18-33)23-26(36)31(17-10-14-28(22,23)37-27)20-12-6-5-11-19(20)29/h5-6,9-14,21-23,33H,3-4,7-8,15-18H2,1-2H3/t21-,22+,23?,27+,28+/m1/s1. The van der Waals surface area contributed by atoms with Crippen molar-refractivity contribution in [3.8, 4) is 0 Å². The van der Waals surface area contributed by atoms with Crippen LogP contribution in [-0.2, 0) is 19.1 Å². The number of aliphatic hydroxyl groups excluding tert-OH is 1. The number of amides is 3. The number of carbonyl (C=O) groups is 3. The Morgan fingerprint density at radius 2 is 1.76 bits per heavy atom. The topological polar surface area (TPSA) is 90.4 Å². The van der Waals surface area contributed by atoms with Crippen LogP contribution in [0.2, 0.25) is 5.02 Å². The lowest BCUT2D eigenvalue weighted by Crippen LogP contribution is -2.56. The van der Waals surface area contributed by atoms with Gasteiger partial charge in [0, 0.05) is 33.3 Å². The predicted octanol–water partition coefficient (Wildman–Crippen LogP) is 2.79. The lowest BCUT2D eigenvalue weighted by molar-refractivity contribution is -0.149. The Bertz CT molecular complexity index is 1150. The lowest BCUT2D eigenvalue weighted by atomic mass is 9.73. The number of halogens is 1. The molecule has 1 spiro atoms. The van der Waals surface area contributed by atoms with Crippen LogP contribution < -0.4 is 4.90 Å². The molecule has 0 aliphatic carbocycles. The van der Waals surface area contributed by atoms with Crippen molar-refractivity contribution in [1.82, 2.24) is 9.80 Å². The number of rotatable bonds is 7. The number of carbonyl (C=O) groups excluding carboxylic acids is 3. The molecule has 198 valence electrons. The predicted molar refractivity (Wildman–Crippen MR) is 140 cm³/mol. The average molecular weight is 528 g/mol. The van der Waals surface area contributed by atoms with Crippen molar-refractivity contribution in [3.05, 3.63) is 53.6 Å². The Kier molecular flexibility index (Phi) is 6.94. The van der Waals surface area contributed by atoms with Gasteiger partial charge in [-0.1, -0.05) is 55.0 Å². The zero-order chi connectivity index (χ0) is 26.4. The van der Waals surface area contributed by atoms with Gasteiger partial charge in [-0.2, -0.15) is 0 Å². The number of unbranched alkanes of at least 4 members (excludes halogenated alkanes) is 2. The summed E-state index contributed by atoms with van der Waals surface area (Å²) in [6.07, 6.45) is 10.0. The third-order valence-electron chi connectivity index (χ3n) is 8.34. The van der Waals surface area contributed by atoms with E-state index in [-0.39, 0.29) is 30.9 Å². The van der Waals surface area contributed by atoms with E-state index in [1.165, 1.54) is 0 Å². The largest absolute Gasteiger partial charge is 0.396 e. The molecule has 0 radical (unpaired) electrons. The van der Waals surface area contributed by atoms with Crippen molar-refractivity contribution in [2.24, 2.45) is 11.8 Å². The van der Waals surface area contributed by atoms with E-state index in [0.717, 1.165) is 6.42 Å². The van der Waals surface area contributed by atoms with Crippen molar-refractivity contribution in [1.29, 1.82) is 0 Å². The number of likely N-dealkylation sites (tertiary alicyclic amines) is 1. The van der Waals surface area contributed by atoms with E-state index in [1.54, 1.807) is 39.9 Å². The van der Waals surface area contributed by atoms with Crippen molar-refractivity contribution >= 4 is 35.0 Å². The van der Waals surface area contributed by atoms with Gasteiger partial charge in [0.25, 0.3) is 5.91 Å². The number of benzene rings is 1. The van der Waals surface area contributed by atoms with Crippen LogP contribution in [0, 0.1) is 11.8 Å². The third-order valence-corrected chi connectivity index (χ3v) is 8.66. The van der Waals surface area contributed by atoms with Crippen molar-refractivity contribution in [2.75, 3.05) is 38.2 Å². The summed E-state index contributed by atoms with van der Waals surface area (Å²) in [7, 11) is 1.74. The maximum Gasteiger partial charge on any atom is 0.253 e. The van der Waals surface area contributed by atoms with Gasteiger partial charge in [-0.3, -0.25) is 14.4 Å². The minimum Gasteiger partial charge on any atom is -0.396 e. The molecule has 2 saturated heterocycles. The summed E-state index contributed by atoms with van der Waals surface area (Å²) in [5.74, 6) is -2.20. The highest BCUT2D eigenvalue weighted by atomic mass is 35.5. The fraction of sp³-hybridized carbons (Fsp3) is 0.536. The van der Waals surface area contributed by atoms with Gasteiger partial charge in [0.15, 0.2) is 0 Å². The molecule has 0 bridgehead atoms. The monoisotopic (exact) mass is 527 g/mol. The van der Waals surface area contributed by atoms with Gasteiger partial charge >= 0.3 is 0 Å². The summed E-state index contributed by atoms with van der Waals surface area (Å²) in [5.41, 5.74) is -1.69. The molecule has 3 amide bonds. The summed E-state index contributed by atoms with van der Waals surface area (Å²) in [4.78, 5) is 47.2. The number of fused-ring (bicyclic) bond motifs is 2. The van der Waals surface area contributed by atoms with Crippen LogP contribution in [0.25, 0.3) is 0 Å². The van der Waals surface area contributed by atoms with Crippen LogP contribution >= 0.6 is 11.6 Å². The quantitative estimate of drug-likeness (QED) is 0.435. The first-order valence-corrected chi connectivity index (χ1v) is 13.5. The van der Waals surface area contributed by atoms with Gasteiger partial charge in [-0.05, 0) is 37.8 Å². The van der Waals surface area contributed by atoms with Gasteiger partial charge in [0.2, 0.25) is 11.8 Å². The molecule has 1 aromatic rings. The molecular formula is C28H34ClN3O5. The lowest BCUT2D eigenvalue weighted by Gasteiger charge is -2.38. The molecule has 0 aromatic heterocycles. The molecule has 9 heteroatoms. The number of hydrogen-bond acceptors (Lipinski definition) is 5.